The summed E-state index contributed by atoms with van der Waals surface area (Å²) in [5.41, 5.74) is 4.73. The number of nitriles is 1. The van der Waals surface area contributed by atoms with Crippen LogP contribution in [0.4, 0.5) is 0 Å². The Labute approximate surface area is 131 Å². The molecule has 0 bridgehead atoms. The minimum absolute atomic E-state index is 0.558. The van der Waals surface area contributed by atoms with Gasteiger partial charge in [0.15, 0.2) is 0 Å². The minimum atomic E-state index is 0.558. The molecule has 0 aliphatic carbocycles. The normalized spacial score (nSPS) is 11.0. The average Bonchev–Trinajstić information content (AvgIpc) is 3.18. The lowest BCUT2D eigenvalue weighted by molar-refractivity contribution is 0.415. The van der Waals surface area contributed by atoms with Gasteiger partial charge in [-0.15, -0.1) is 0 Å². The van der Waals surface area contributed by atoms with Crippen LogP contribution in [0.5, 0.6) is 5.75 Å². The van der Waals surface area contributed by atoms with E-state index in [1.54, 1.807) is 13.3 Å². The first-order chi connectivity index (χ1) is 11.2. The first kappa shape index (κ1) is 13.3. The number of aryl methyl sites for hydroxylation is 1. The van der Waals surface area contributed by atoms with Gasteiger partial charge in [0.25, 0.3) is 0 Å². The third kappa shape index (κ3) is 1.87. The summed E-state index contributed by atoms with van der Waals surface area (Å²) < 4.78 is 5.19. The topological polar surface area (TPSA) is 90.4 Å². The highest BCUT2D eigenvalue weighted by atomic mass is 16.5. The van der Waals surface area contributed by atoms with Crippen molar-refractivity contribution in [2.45, 2.75) is 6.92 Å². The SMILES string of the molecule is COc1ccc(-c2n[nH]c3c2c(C)nc2[nH]cc(C#N)c23)cc1. The van der Waals surface area contributed by atoms with E-state index in [4.69, 9.17) is 4.74 Å². The number of fused-ring (bicyclic) bond motifs is 3. The van der Waals surface area contributed by atoms with Crippen molar-refractivity contribution in [2.24, 2.45) is 0 Å². The van der Waals surface area contributed by atoms with Crippen molar-refractivity contribution in [3.05, 3.63) is 41.7 Å². The van der Waals surface area contributed by atoms with Crippen LogP contribution >= 0.6 is 0 Å². The maximum Gasteiger partial charge on any atom is 0.141 e. The molecule has 112 valence electrons. The Morgan fingerprint density at radius 2 is 1.96 bits per heavy atom. The molecule has 0 unspecified atom stereocenters. The Morgan fingerprint density at radius 1 is 1.17 bits per heavy atom. The van der Waals surface area contributed by atoms with Gasteiger partial charge in [-0.2, -0.15) is 10.4 Å². The van der Waals surface area contributed by atoms with Gasteiger partial charge in [0.1, 0.15) is 23.2 Å². The fourth-order valence-corrected chi connectivity index (χ4v) is 2.90. The maximum atomic E-state index is 9.29. The third-order valence-electron chi connectivity index (χ3n) is 4.00. The lowest BCUT2D eigenvalue weighted by atomic mass is 10.0. The molecule has 2 N–H and O–H groups in total. The van der Waals surface area contributed by atoms with Crippen LogP contribution in [0.1, 0.15) is 11.3 Å². The second-order valence-corrected chi connectivity index (χ2v) is 5.29. The Bertz CT molecular complexity index is 1070. The van der Waals surface area contributed by atoms with E-state index < -0.39 is 0 Å². The average molecular weight is 303 g/mol. The smallest absolute Gasteiger partial charge is 0.141 e. The van der Waals surface area contributed by atoms with E-state index in [0.29, 0.717) is 11.2 Å². The minimum Gasteiger partial charge on any atom is -0.497 e. The number of rotatable bonds is 2. The Kier molecular flexibility index (Phi) is 2.81. The highest BCUT2D eigenvalue weighted by molar-refractivity contribution is 6.10. The van der Waals surface area contributed by atoms with E-state index in [2.05, 4.69) is 26.2 Å². The van der Waals surface area contributed by atoms with Crippen LogP contribution < -0.4 is 4.74 Å². The summed E-state index contributed by atoms with van der Waals surface area (Å²) in [4.78, 5) is 7.61. The highest BCUT2D eigenvalue weighted by Crippen LogP contribution is 2.34. The zero-order chi connectivity index (χ0) is 16.0. The van der Waals surface area contributed by atoms with Gasteiger partial charge in [0, 0.05) is 17.1 Å². The molecule has 0 saturated heterocycles. The second kappa shape index (κ2) is 4.85. The number of H-pyrrole nitrogens is 2. The number of benzene rings is 1. The molecule has 4 rings (SSSR count). The summed E-state index contributed by atoms with van der Waals surface area (Å²) >= 11 is 0. The van der Waals surface area contributed by atoms with E-state index >= 15 is 0 Å². The van der Waals surface area contributed by atoms with Gasteiger partial charge in [-0.1, -0.05) is 0 Å². The van der Waals surface area contributed by atoms with Crippen LogP contribution in [0.2, 0.25) is 0 Å². The number of aromatic amines is 2. The molecule has 0 aliphatic heterocycles. The molecule has 0 spiro atoms. The standard InChI is InChI=1S/C17H13N5O/c1-9-13-15(10-3-5-12(23-2)6-4-10)21-22-16(13)14-11(7-18)8-19-17(14)20-9/h3-6,8H,1-2H3,(H,19,20)(H,21,22). The van der Waals surface area contributed by atoms with Crippen LogP contribution in [0.3, 0.4) is 0 Å². The number of ether oxygens (including phenoxy) is 1. The van der Waals surface area contributed by atoms with Crippen molar-refractivity contribution >= 4 is 21.9 Å². The quantitative estimate of drug-likeness (QED) is 0.594. The molecule has 3 heterocycles. The summed E-state index contributed by atoms with van der Waals surface area (Å²) in [6.07, 6.45) is 1.67. The zero-order valence-corrected chi connectivity index (χ0v) is 12.6. The van der Waals surface area contributed by atoms with Crippen molar-refractivity contribution < 1.29 is 4.74 Å². The van der Waals surface area contributed by atoms with E-state index in [1.807, 2.05) is 31.2 Å². The molecule has 6 nitrogen and oxygen atoms in total. The van der Waals surface area contributed by atoms with E-state index in [1.165, 1.54) is 0 Å². The summed E-state index contributed by atoms with van der Waals surface area (Å²) in [6, 6.07) is 9.90. The molecule has 1 aromatic carbocycles. The lowest BCUT2D eigenvalue weighted by Gasteiger charge is -2.03. The Morgan fingerprint density at radius 3 is 2.65 bits per heavy atom. The fourth-order valence-electron chi connectivity index (χ4n) is 2.90. The van der Waals surface area contributed by atoms with Gasteiger partial charge in [0.05, 0.1) is 29.3 Å². The summed E-state index contributed by atoms with van der Waals surface area (Å²) in [5, 5.41) is 18.5. The molecule has 23 heavy (non-hydrogen) atoms. The van der Waals surface area contributed by atoms with Crippen molar-refractivity contribution in [3.8, 4) is 23.1 Å². The van der Waals surface area contributed by atoms with E-state index in [0.717, 1.165) is 39.0 Å². The fraction of sp³-hybridized carbons (Fsp3) is 0.118. The van der Waals surface area contributed by atoms with Crippen LogP contribution in [0, 0.1) is 18.3 Å². The number of hydrogen-bond donors (Lipinski definition) is 2. The number of nitrogens with one attached hydrogen (secondary N) is 2. The van der Waals surface area contributed by atoms with E-state index in [-0.39, 0.29) is 0 Å². The van der Waals surface area contributed by atoms with Crippen molar-refractivity contribution in [1.82, 2.24) is 20.2 Å². The number of methoxy groups -OCH3 is 1. The Balaban J connectivity index is 2.03. The Hall–Kier alpha value is -3.33. The van der Waals surface area contributed by atoms with Crippen molar-refractivity contribution in [3.63, 3.8) is 0 Å². The highest BCUT2D eigenvalue weighted by Gasteiger charge is 2.17. The molecule has 0 atom stereocenters. The predicted octanol–water partition coefficient (Wildman–Crippen LogP) is 3.29. The first-order valence-electron chi connectivity index (χ1n) is 7.13. The molecule has 4 aromatic rings. The van der Waals surface area contributed by atoms with Gasteiger partial charge in [-0.25, -0.2) is 4.98 Å². The molecule has 3 aromatic heterocycles. The molecule has 0 fully saturated rings. The largest absolute Gasteiger partial charge is 0.497 e. The van der Waals surface area contributed by atoms with Gasteiger partial charge < -0.3 is 9.72 Å². The molecular weight excluding hydrogens is 290 g/mol. The lowest BCUT2D eigenvalue weighted by Crippen LogP contribution is -1.88. The van der Waals surface area contributed by atoms with Gasteiger partial charge in [-0.05, 0) is 31.2 Å². The van der Waals surface area contributed by atoms with Crippen LogP contribution in [0.15, 0.2) is 30.5 Å². The van der Waals surface area contributed by atoms with Crippen molar-refractivity contribution in [2.75, 3.05) is 7.11 Å². The summed E-state index contributed by atoms with van der Waals surface area (Å²) in [6.45, 7) is 1.94. The third-order valence-corrected chi connectivity index (χ3v) is 4.00. The maximum absolute atomic E-state index is 9.29. The van der Waals surface area contributed by atoms with Crippen LogP contribution in [-0.2, 0) is 0 Å². The number of pyridine rings is 1. The monoisotopic (exact) mass is 303 g/mol. The molecule has 0 aliphatic rings. The van der Waals surface area contributed by atoms with E-state index in [9.17, 15) is 5.26 Å². The second-order valence-electron chi connectivity index (χ2n) is 5.29. The summed E-state index contributed by atoms with van der Waals surface area (Å²) in [5.74, 6) is 0.795. The number of hydrogen-bond acceptors (Lipinski definition) is 4. The van der Waals surface area contributed by atoms with Gasteiger partial charge in [0.2, 0.25) is 0 Å². The zero-order valence-electron chi connectivity index (χ0n) is 12.6. The van der Waals surface area contributed by atoms with Crippen LogP contribution in [0.25, 0.3) is 33.2 Å². The molecule has 0 amide bonds. The van der Waals surface area contributed by atoms with Crippen molar-refractivity contribution in [1.29, 1.82) is 5.26 Å². The number of aromatic nitrogens is 4. The molecule has 0 radical (unpaired) electrons. The van der Waals surface area contributed by atoms with Gasteiger partial charge in [-0.3, -0.25) is 5.10 Å². The molecule has 0 saturated carbocycles. The first-order valence-corrected chi connectivity index (χ1v) is 7.13. The predicted molar refractivity (Wildman–Crippen MR) is 87.2 cm³/mol. The summed E-state index contributed by atoms with van der Waals surface area (Å²) in [7, 11) is 1.64. The van der Waals surface area contributed by atoms with Crippen LogP contribution in [-0.4, -0.2) is 27.3 Å². The molecular formula is C17H13N5O. The number of nitrogens with zero attached hydrogens (tertiary/aromatic N) is 3. The molecule has 6 heteroatoms. The van der Waals surface area contributed by atoms with Gasteiger partial charge >= 0.3 is 0 Å².